The number of carbonyl (C=O) groups excluding carboxylic acids is 2. The fourth-order valence-electron chi connectivity index (χ4n) is 4.28. The number of carbonyl (C=O) groups is 2. The molecule has 0 spiro atoms. The Hall–Kier alpha value is -2.87. The molecule has 4 rings (SSSR count). The van der Waals surface area contributed by atoms with Crippen molar-refractivity contribution in [3.05, 3.63) is 35.2 Å². The second kappa shape index (κ2) is 8.73. The first-order valence-electron chi connectivity index (χ1n) is 11.5. The largest absolute Gasteiger partial charge is 0.444 e. The SMILES string of the molecule is CC(C)(C)OC(=O)N1CCC(c2ccc3c4c(Cl)ncnc4n(C(=O)OC(C)(C)C)c3c2)CC1. The maximum Gasteiger partial charge on any atom is 0.420 e. The maximum atomic E-state index is 13.2. The zero-order chi connectivity index (χ0) is 24.8. The lowest BCUT2D eigenvalue weighted by Gasteiger charge is -2.33. The summed E-state index contributed by atoms with van der Waals surface area (Å²) in [6, 6.07) is 6.02. The number of likely N-dealkylation sites (tertiary alicyclic amines) is 1. The summed E-state index contributed by atoms with van der Waals surface area (Å²) >= 11 is 6.40. The fourth-order valence-corrected chi connectivity index (χ4v) is 4.51. The van der Waals surface area contributed by atoms with Gasteiger partial charge in [0.25, 0.3) is 0 Å². The highest BCUT2D eigenvalue weighted by atomic mass is 35.5. The van der Waals surface area contributed by atoms with E-state index in [1.807, 2.05) is 53.7 Å². The molecule has 1 aliphatic rings. The van der Waals surface area contributed by atoms with Gasteiger partial charge in [0.1, 0.15) is 22.7 Å². The molecule has 0 bridgehead atoms. The monoisotopic (exact) mass is 486 g/mol. The van der Waals surface area contributed by atoms with Crippen LogP contribution in [-0.4, -0.2) is 55.9 Å². The number of halogens is 1. The number of ether oxygens (including phenoxy) is 2. The number of piperidine rings is 1. The summed E-state index contributed by atoms with van der Waals surface area (Å²) in [6.45, 7) is 12.3. The molecule has 1 amide bonds. The molecule has 3 heterocycles. The second-order valence-corrected chi connectivity index (χ2v) is 11.1. The third-order valence-corrected chi connectivity index (χ3v) is 6.01. The van der Waals surface area contributed by atoms with Gasteiger partial charge in [-0.2, -0.15) is 0 Å². The first-order chi connectivity index (χ1) is 15.8. The smallest absolute Gasteiger partial charge is 0.420 e. The predicted molar refractivity (Wildman–Crippen MR) is 131 cm³/mol. The molecule has 0 atom stereocenters. The minimum Gasteiger partial charge on any atom is -0.444 e. The van der Waals surface area contributed by atoms with Crippen molar-refractivity contribution in [1.29, 1.82) is 0 Å². The van der Waals surface area contributed by atoms with E-state index in [4.69, 9.17) is 21.1 Å². The standard InChI is InChI=1S/C25H31ClN4O4/c1-24(2,3)33-22(31)29-11-9-15(10-12-29)16-7-8-17-18(13-16)30(23(32)34-25(4,5)6)21-19(17)20(26)27-14-28-21/h7-8,13-15H,9-12H2,1-6H3. The van der Waals surface area contributed by atoms with E-state index in [9.17, 15) is 9.59 Å². The van der Waals surface area contributed by atoms with Crippen molar-refractivity contribution in [2.45, 2.75) is 71.5 Å². The summed E-state index contributed by atoms with van der Waals surface area (Å²) in [5.41, 5.74) is 1.01. The zero-order valence-electron chi connectivity index (χ0n) is 20.5. The average molecular weight is 487 g/mol. The molecular weight excluding hydrogens is 456 g/mol. The number of benzene rings is 1. The molecule has 1 aromatic carbocycles. The van der Waals surface area contributed by atoms with E-state index in [1.165, 1.54) is 10.9 Å². The van der Waals surface area contributed by atoms with Crippen molar-refractivity contribution < 1.29 is 19.1 Å². The van der Waals surface area contributed by atoms with Gasteiger partial charge in [0.2, 0.25) is 0 Å². The lowest BCUT2D eigenvalue weighted by molar-refractivity contribution is 0.0204. The van der Waals surface area contributed by atoms with Gasteiger partial charge in [-0.15, -0.1) is 0 Å². The number of hydrogen-bond donors (Lipinski definition) is 0. The Balaban J connectivity index is 1.67. The van der Waals surface area contributed by atoms with E-state index in [1.54, 1.807) is 4.90 Å². The van der Waals surface area contributed by atoms with Crippen LogP contribution in [0.2, 0.25) is 5.15 Å². The van der Waals surface area contributed by atoms with Crippen molar-refractivity contribution in [2.75, 3.05) is 13.1 Å². The van der Waals surface area contributed by atoms with Crippen LogP contribution in [0.15, 0.2) is 24.5 Å². The highest BCUT2D eigenvalue weighted by Crippen LogP contribution is 2.36. The van der Waals surface area contributed by atoms with Crippen LogP contribution in [0.5, 0.6) is 0 Å². The summed E-state index contributed by atoms with van der Waals surface area (Å²) in [5, 5.41) is 1.70. The van der Waals surface area contributed by atoms with Crippen LogP contribution in [0.4, 0.5) is 9.59 Å². The van der Waals surface area contributed by atoms with Crippen molar-refractivity contribution >= 4 is 45.7 Å². The molecular formula is C25H31ClN4O4. The van der Waals surface area contributed by atoms with E-state index in [0.29, 0.717) is 29.6 Å². The molecule has 0 saturated carbocycles. The van der Waals surface area contributed by atoms with Crippen LogP contribution in [0.1, 0.15) is 65.9 Å². The minimum absolute atomic E-state index is 0.245. The van der Waals surface area contributed by atoms with Crippen molar-refractivity contribution in [1.82, 2.24) is 19.4 Å². The van der Waals surface area contributed by atoms with E-state index in [2.05, 4.69) is 16.0 Å². The number of nitrogens with zero attached hydrogens (tertiary/aromatic N) is 4. The first-order valence-corrected chi connectivity index (χ1v) is 11.9. The molecule has 2 aromatic heterocycles. The Morgan fingerprint density at radius 1 is 0.971 bits per heavy atom. The highest BCUT2D eigenvalue weighted by Gasteiger charge is 2.29. The van der Waals surface area contributed by atoms with E-state index in [-0.39, 0.29) is 17.2 Å². The highest BCUT2D eigenvalue weighted by molar-refractivity contribution is 6.36. The van der Waals surface area contributed by atoms with Crippen LogP contribution < -0.4 is 0 Å². The second-order valence-electron chi connectivity index (χ2n) is 10.7. The van der Waals surface area contributed by atoms with E-state index < -0.39 is 17.3 Å². The van der Waals surface area contributed by atoms with Gasteiger partial charge in [0.05, 0.1) is 10.9 Å². The molecule has 1 aliphatic heterocycles. The van der Waals surface area contributed by atoms with Crippen LogP contribution in [-0.2, 0) is 9.47 Å². The van der Waals surface area contributed by atoms with Crippen molar-refractivity contribution in [2.24, 2.45) is 0 Å². The molecule has 3 aromatic rings. The summed E-state index contributed by atoms with van der Waals surface area (Å²) in [6.07, 6.45) is 2.16. The number of fused-ring (bicyclic) bond motifs is 3. The topological polar surface area (TPSA) is 86.5 Å². The average Bonchev–Trinajstić information content (AvgIpc) is 3.06. The number of aromatic nitrogens is 3. The maximum absolute atomic E-state index is 13.2. The quantitative estimate of drug-likeness (QED) is 0.384. The van der Waals surface area contributed by atoms with Crippen LogP contribution in [0.3, 0.4) is 0 Å². The van der Waals surface area contributed by atoms with Crippen LogP contribution in [0.25, 0.3) is 21.9 Å². The molecule has 0 aliphatic carbocycles. The molecule has 9 heteroatoms. The first kappa shape index (κ1) is 24.3. The van der Waals surface area contributed by atoms with Gasteiger partial charge < -0.3 is 14.4 Å². The minimum atomic E-state index is -0.664. The number of amides is 1. The normalized spacial score (nSPS) is 15.7. The van der Waals surface area contributed by atoms with Gasteiger partial charge >= 0.3 is 12.2 Å². The summed E-state index contributed by atoms with van der Waals surface area (Å²) in [5.74, 6) is 0.245. The van der Waals surface area contributed by atoms with Gasteiger partial charge in [0, 0.05) is 18.5 Å². The number of rotatable bonds is 1. The van der Waals surface area contributed by atoms with Crippen molar-refractivity contribution in [3.8, 4) is 0 Å². The summed E-state index contributed by atoms with van der Waals surface area (Å²) < 4.78 is 12.7. The van der Waals surface area contributed by atoms with E-state index in [0.717, 1.165) is 23.8 Å². The third kappa shape index (κ3) is 4.97. The molecule has 0 N–H and O–H groups in total. The fraction of sp³-hybridized carbons (Fsp3) is 0.520. The Morgan fingerprint density at radius 2 is 1.59 bits per heavy atom. The molecule has 8 nitrogen and oxygen atoms in total. The Morgan fingerprint density at radius 3 is 2.21 bits per heavy atom. The van der Waals surface area contributed by atoms with Crippen LogP contribution >= 0.6 is 11.6 Å². The third-order valence-electron chi connectivity index (χ3n) is 5.72. The van der Waals surface area contributed by atoms with Crippen molar-refractivity contribution in [3.63, 3.8) is 0 Å². The lowest BCUT2D eigenvalue weighted by atomic mass is 9.89. The van der Waals surface area contributed by atoms with Gasteiger partial charge in [-0.3, -0.25) is 0 Å². The van der Waals surface area contributed by atoms with Crippen LogP contribution in [0, 0.1) is 0 Å². The number of hydrogen-bond acceptors (Lipinski definition) is 6. The predicted octanol–water partition coefficient (Wildman–Crippen LogP) is 6.14. The molecule has 0 radical (unpaired) electrons. The molecule has 0 unspecified atom stereocenters. The van der Waals surface area contributed by atoms with Gasteiger partial charge in [-0.05, 0) is 71.9 Å². The van der Waals surface area contributed by atoms with Gasteiger partial charge in [-0.1, -0.05) is 23.7 Å². The van der Waals surface area contributed by atoms with Gasteiger partial charge in [-0.25, -0.2) is 24.1 Å². The summed E-state index contributed by atoms with van der Waals surface area (Å²) in [4.78, 5) is 35.8. The Bertz CT molecular complexity index is 1250. The molecule has 1 fully saturated rings. The molecule has 34 heavy (non-hydrogen) atoms. The van der Waals surface area contributed by atoms with Gasteiger partial charge in [0.15, 0.2) is 5.65 Å². The van der Waals surface area contributed by atoms with E-state index >= 15 is 0 Å². The lowest BCUT2D eigenvalue weighted by Crippen LogP contribution is -2.41. The zero-order valence-corrected chi connectivity index (χ0v) is 21.3. The molecule has 182 valence electrons. The molecule has 1 saturated heterocycles. The summed E-state index contributed by atoms with van der Waals surface area (Å²) in [7, 11) is 0. The Kier molecular flexibility index (Phi) is 6.23. The Labute approximate surface area is 204 Å².